The monoisotopic (exact) mass is 273 g/mol. The van der Waals surface area contributed by atoms with E-state index in [1.807, 2.05) is 5.43 Å². The van der Waals surface area contributed by atoms with Crippen molar-refractivity contribution in [2.75, 3.05) is 0 Å². The smallest absolute Gasteiger partial charge is 0.301 e. The lowest BCUT2D eigenvalue weighted by Gasteiger charge is -2.06. The number of nitrogens with zero attached hydrogens (tertiary/aromatic N) is 3. The number of hydrazine groups is 1. The lowest BCUT2D eigenvalue weighted by Crippen LogP contribution is -2.31. The van der Waals surface area contributed by atoms with E-state index in [0.29, 0.717) is 11.1 Å². The summed E-state index contributed by atoms with van der Waals surface area (Å²) in [5.74, 6) is 4.63. The molecule has 0 unspecified atom stereocenters. The Bertz CT molecular complexity index is 829. The van der Waals surface area contributed by atoms with Crippen LogP contribution in [0.4, 0.5) is 0 Å². The molecule has 3 aromatic heterocycles. The first-order chi connectivity index (χ1) is 9.70. The SMILES string of the molecule is NNC(=O)c1occc1Cn1ccn2nccc2c1=O. The van der Waals surface area contributed by atoms with Crippen LogP contribution in [0.2, 0.25) is 0 Å². The highest BCUT2D eigenvalue weighted by atomic mass is 16.3. The third-order valence-corrected chi connectivity index (χ3v) is 2.96. The number of furan rings is 1. The zero-order valence-electron chi connectivity index (χ0n) is 10.3. The normalized spacial score (nSPS) is 10.8. The summed E-state index contributed by atoms with van der Waals surface area (Å²) in [6, 6.07) is 3.25. The predicted molar refractivity (Wildman–Crippen MR) is 68.9 cm³/mol. The summed E-state index contributed by atoms with van der Waals surface area (Å²) in [4.78, 5) is 23.7. The molecule has 0 bridgehead atoms. The Labute approximate surface area is 112 Å². The summed E-state index contributed by atoms with van der Waals surface area (Å²) in [6.45, 7) is 0.208. The number of nitrogen functional groups attached to an aromatic ring is 1. The van der Waals surface area contributed by atoms with Gasteiger partial charge in [-0.15, -0.1) is 0 Å². The number of nitrogens with two attached hydrogens (primary N) is 1. The van der Waals surface area contributed by atoms with Gasteiger partial charge in [0.2, 0.25) is 0 Å². The summed E-state index contributed by atoms with van der Waals surface area (Å²) < 4.78 is 8.03. The molecule has 0 spiro atoms. The van der Waals surface area contributed by atoms with Gasteiger partial charge in [0.25, 0.3) is 5.56 Å². The number of hydrogen-bond donors (Lipinski definition) is 2. The van der Waals surface area contributed by atoms with Crippen molar-refractivity contribution in [2.45, 2.75) is 6.54 Å². The van der Waals surface area contributed by atoms with Crippen LogP contribution in [0.3, 0.4) is 0 Å². The summed E-state index contributed by atoms with van der Waals surface area (Å²) in [7, 11) is 0. The molecule has 8 heteroatoms. The van der Waals surface area contributed by atoms with Crippen LogP contribution in [-0.2, 0) is 6.54 Å². The van der Waals surface area contributed by atoms with E-state index >= 15 is 0 Å². The van der Waals surface area contributed by atoms with Gasteiger partial charge in [-0.05, 0) is 12.1 Å². The number of fused-ring (bicyclic) bond motifs is 1. The molecule has 0 atom stereocenters. The van der Waals surface area contributed by atoms with E-state index in [1.165, 1.54) is 15.3 Å². The van der Waals surface area contributed by atoms with Crippen molar-refractivity contribution in [1.29, 1.82) is 0 Å². The first kappa shape index (κ1) is 12.2. The van der Waals surface area contributed by atoms with Gasteiger partial charge >= 0.3 is 5.91 Å². The summed E-state index contributed by atoms with van der Waals surface area (Å²) >= 11 is 0. The highest BCUT2D eigenvalue weighted by molar-refractivity contribution is 5.92. The summed E-state index contributed by atoms with van der Waals surface area (Å²) in [5, 5.41) is 3.98. The molecule has 0 aromatic carbocycles. The van der Waals surface area contributed by atoms with Gasteiger partial charge in [-0.25, -0.2) is 10.4 Å². The minimum atomic E-state index is -0.538. The molecule has 0 saturated heterocycles. The second-order valence-electron chi connectivity index (χ2n) is 4.14. The second kappa shape index (κ2) is 4.67. The van der Waals surface area contributed by atoms with Crippen molar-refractivity contribution in [2.24, 2.45) is 5.84 Å². The van der Waals surface area contributed by atoms with Crippen molar-refractivity contribution in [3.05, 3.63) is 58.7 Å². The fourth-order valence-corrected chi connectivity index (χ4v) is 1.99. The molecule has 0 fully saturated rings. The topological polar surface area (TPSA) is 108 Å². The van der Waals surface area contributed by atoms with E-state index < -0.39 is 5.91 Å². The molecule has 3 N–H and O–H groups in total. The van der Waals surface area contributed by atoms with Crippen molar-refractivity contribution in [1.82, 2.24) is 19.6 Å². The molecule has 0 aliphatic carbocycles. The third kappa shape index (κ3) is 1.88. The molecule has 1 amide bonds. The van der Waals surface area contributed by atoms with Crippen LogP contribution in [0.5, 0.6) is 0 Å². The zero-order valence-corrected chi connectivity index (χ0v) is 10.3. The second-order valence-corrected chi connectivity index (χ2v) is 4.14. The van der Waals surface area contributed by atoms with Crippen molar-refractivity contribution in [3.63, 3.8) is 0 Å². The molecular formula is C12H11N5O3. The molecule has 102 valence electrons. The van der Waals surface area contributed by atoms with Gasteiger partial charge in [-0.1, -0.05) is 0 Å². The van der Waals surface area contributed by atoms with Crippen LogP contribution in [0.25, 0.3) is 5.52 Å². The number of amides is 1. The van der Waals surface area contributed by atoms with Crippen LogP contribution in [0, 0.1) is 0 Å². The number of hydrogen-bond acceptors (Lipinski definition) is 5. The molecule has 20 heavy (non-hydrogen) atoms. The fraction of sp³-hybridized carbons (Fsp3) is 0.0833. The maximum Gasteiger partial charge on any atom is 0.301 e. The zero-order chi connectivity index (χ0) is 14.1. The Kier molecular flexibility index (Phi) is 2.84. The van der Waals surface area contributed by atoms with Gasteiger partial charge in [0.05, 0.1) is 19.0 Å². The Hall–Kier alpha value is -2.87. The Balaban J connectivity index is 2.02. The van der Waals surface area contributed by atoms with Gasteiger partial charge < -0.3 is 8.98 Å². The van der Waals surface area contributed by atoms with Gasteiger partial charge in [0.1, 0.15) is 5.52 Å². The molecule has 8 nitrogen and oxygen atoms in total. The highest BCUT2D eigenvalue weighted by Gasteiger charge is 2.15. The van der Waals surface area contributed by atoms with Crippen molar-refractivity contribution < 1.29 is 9.21 Å². The van der Waals surface area contributed by atoms with E-state index in [1.54, 1.807) is 30.7 Å². The average molecular weight is 273 g/mol. The maximum absolute atomic E-state index is 12.2. The van der Waals surface area contributed by atoms with E-state index in [4.69, 9.17) is 10.3 Å². The van der Waals surface area contributed by atoms with Crippen LogP contribution < -0.4 is 16.8 Å². The number of carbonyl (C=O) groups is 1. The lowest BCUT2D eigenvalue weighted by atomic mass is 10.2. The van der Waals surface area contributed by atoms with Crippen LogP contribution >= 0.6 is 0 Å². The molecule has 3 aromatic rings. The number of aromatic nitrogens is 3. The van der Waals surface area contributed by atoms with E-state index in [-0.39, 0.29) is 17.9 Å². The summed E-state index contributed by atoms with van der Waals surface area (Å²) in [6.07, 6.45) is 6.19. The third-order valence-electron chi connectivity index (χ3n) is 2.96. The van der Waals surface area contributed by atoms with Gasteiger partial charge in [-0.3, -0.25) is 15.0 Å². The molecule has 0 saturated carbocycles. The highest BCUT2D eigenvalue weighted by Crippen LogP contribution is 2.11. The first-order valence-corrected chi connectivity index (χ1v) is 5.81. The standard InChI is InChI=1S/C12H11N5O3/c13-15-11(18)10-8(2-6-20-10)7-16-4-5-17-9(12(16)19)1-3-14-17/h1-6H,7,13H2,(H,15,18). The van der Waals surface area contributed by atoms with Crippen LogP contribution in [0.1, 0.15) is 16.1 Å². The molecular weight excluding hydrogens is 262 g/mol. The Morgan fingerprint density at radius 3 is 3.05 bits per heavy atom. The number of nitrogens with one attached hydrogen (secondary N) is 1. The molecule has 3 heterocycles. The van der Waals surface area contributed by atoms with Crippen LogP contribution in [0.15, 0.2) is 46.2 Å². The molecule has 3 rings (SSSR count). The van der Waals surface area contributed by atoms with E-state index in [0.717, 1.165) is 0 Å². The van der Waals surface area contributed by atoms with Crippen LogP contribution in [-0.4, -0.2) is 20.1 Å². The summed E-state index contributed by atoms with van der Waals surface area (Å²) in [5.41, 5.74) is 2.82. The van der Waals surface area contributed by atoms with E-state index in [2.05, 4.69) is 5.10 Å². The predicted octanol–water partition coefficient (Wildman–Crippen LogP) is -0.259. The van der Waals surface area contributed by atoms with Gasteiger partial charge in [0.15, 0.2) is 5.76 Å². The minimum Gasteiger partial charge on any atom is -0.459 e. The number of carbonyl (C=O) groups excluding carboxylic acids is 1. The molecule has 0 radical (unpaired) electrons. The van der Waals surface area contributed by atoms with Gasteiger partial charge in [0, 0.05) is 18.0 Å². The molecule has 0 aliphatic rings. The minimum absolute atomic E-state index is 0.0905. The van der Waals surface area contributed by atoms with Crippen molar-refractivity contribution >= 4 is 11.4 Å². The van der Waals surface area contributed by atoms with E-state index in [9.17, 15) is 9.59 Å². The van der Waals surface area contributed by atoms with Crippen molar-refractivity contribution in [3.8, 4) is 0 Å². The quantitative estimate of drug-likeness (QED) is 0.388. The maximum atomic E-state index is 12.2. The fourth-order valence-electron chi connectivity index (χ4n) is 1.99. The first-order valence-electron chi connectivity index (χ1n) is 5.81. The van der Waals surface area contributed by atoms with Gasteiger partial charge in [-0.2, -0.15) is 5.10 Å². The largest absolute Gasteiger partial charge is 0.459 e. The average Bonchev–Trinajstić information content (AvgIpc) is 3.10. The lowest BCUT2D eigenvalue weighted by molar-refractivity contribution is 0.0924. The Morgan fingerprint density at radius 1 is 1.40 bits per heavy atom. The number of rotatable bonds is 3. The molecule has 0 aliphatic heterocycles. The Morgan fingerprint density at radius 2 is 2.25 bits per heavy atom.